The Hall–Kier alpha value is -2.04. The van der Waals surface area contributed by atoms with Crippen LogP contribution in [0.5, 0.6) is 0 Å². The van der Waals surface area contributed by atoms with Crippen molar-refractivity contribution in [2.75, 3.05) is 0 Å². The molecule has 0 spiro atoms. The number of pyridine rings is 1. The van der Waals surface area contributed by atoms with E-state index in [-0.39, 0.29) is 17.2 Å². The number of aliphatic hydroxyl groups excluding tert-OH is 1. The minimum atomic E-state index is -0.326. The molecule has 0 unspecified atom stereocenters. The highest BCUT2D eigenvalue weighted by atomic mass is 16.3. The predicted molar refractivity (Wildman–Crippen MR) is 54.8 cm³/mol. The number of azo groups is 1. The van der Waals surface area contributed by atoms with E-state index in [2.05, 4.69) is 15.2 Å². The Balaban J connectivity index is 2.90. The van der Waals surface area contributed by atoms with Gasteiger partial charge in [-0.15, -0.1) is 5.11 Å². The van der Waals surface area contributed by atoms with Gasteiger partial charge in [0.2, 0.25) is 0 Å². The van der Waals surface area contributed by atoms with Crippen molar-refractivity contribution in [1.29, 1.82) is 0 Å². The molecule has 1 rings (SSSR count). The van der Waals surface area contributed by atoms with Gasteiger partial charge in [-0.05, 0) is 19.1 Å². The second kappa shape index (κ2) is 4.99. The number of carbonyl (C=O) groups is 1. The third-order valence-corrected chi connectivity index (χ3v) is 1.60. The number of ketones is 1. The molecule has 1 aromatic heterocycles. The van der Waals surface area contributed by atoms with Gasteiger partial charge in [0, 0.05) is 19.3 Å². The Kier molecular flexibility index (Phi) is 3.68. The highest BCUT2D eigenvalue weighted by Gasteiger charge is 2.06. The maximum absolute atomic E-state index is 11.0. The Morgan fingerprint density at radius 2 is 1.93 bits per heavy atom. The highest BCUT2D eigenvalue weighted by Crippen LogP contribution is 2.13. The molecule has 0 aliphatic rings. The maximum atomic E-state index is 11.0. The van der Waals surface area contributed by atoms with Gasteiger partial charge in [0.1, 0.15) is 5.76 Å². The van der Waals surface area contributed by atoms with Crippen LogP contribution in [0.4, 0.5) is 5.69 Å². The summed E-state index contributed by atoms with van der Waals surface area (Å²) in [6, 6.07) is 3.29. The standard InChI is InChI=1S/C10H11N3O2/c1-7(14)10(8(2)15)13-12-9-3-5-11-6-4-9/h3-6,14H,1-2H3/b10-7+,13-12?. The fourth-order valence-electron chi connectivity index (χ4n) is 0.916. The van der Waals surface area contributed by atoms with Crippen LogP contribution in [0.2, 0.25) is 0 Å². The summed E-state index contributed by atoms with van der Waals surface area (Å²) in [5.74, 6) is -0.465. The second-order valence-electron chi connectivity index (χ2n) is 2.90. The van der Waals surface area contributed by atoms with Crippen LogP contribution < -0.4 is 0 Å². The van der Waals surface area contributed by atoms with Crippen LogP contribution >= 0.6 is 0 Å². The zero-order valence-corrected chi connectivity index (χ0v) is 8.51. The van der Waals surface area contributed by atoms with Crippen LogP contribution in [0, 0.1) is 0 Å². The molecule has 0 atom stereocenters. The van der Waals surface area contributed by atoms with Crippen molar-refractivity contribution in [3.8, 4) is 0 Å². The largest absolute Gasteiger partial charge is 0.510 e. The summed E-state index contributed by atoms with van der Waals surface area (Å²) in [4.78, 5) is 14.8. The molecular formula is C10H11N3O2. The quantitative estimate of drug-likeness (QED) is 0.468. The first-order valence-electron chi connectivity index (χ1n) is 4.34. The number of hydrogen-bond acceptors (Lipinski definition) is 5. The maximum Gasteiger partial charge on any atom is 0.183 e. The zero-order valence-electron chi connectivity index (χ0n) is 8.51. The summed E-state index contributed by atoms with van der Waals surface area (Å²) in [6.45, 7) is 2.71. The number of hydrogen-bond donors (Lipinski definition) is 1. The summed E-state index contributed by atoms with van der Waals surface area (Å²) < 4.78 is 0. The van der Waals surface area contributed by atoms with E-state index in [9.17, 15) is 4.79 Å². The second-order valence-corrected chi connectivity index (χ2v) is 2.90. The Bertz CT molecular complexity index is 406. The molecule has 0 amide bonds. The van der Waals surface area contributed by atoms with Gasteiger partial charge in [0.25, 0.3) is 0 Å². The molecule has 0 fully saturated rings. The van der Waals surface area contributed by atoms with Crippen molar-refractivity contribution in [1.82, 2.24) is 4.98 Å². The Labute approximate surface area is 87.2 Å². The SMILES string of the molecule is CC(=O)/C(N=Nc1ccncc1)=C(/C)O. The monoisotopic (exact) mass is 205 g/mol. The molecule has 5 nitrogen and oxygen atoms in total. The van der Waals surface area contributed by atoms with Gasteiger partial charge in [-0.3, -0.25) is 9.78 Å². The Morgan fingerprint density at radius 1 is 1.33 bits per heavy atom. The van der Waals surface area contributed by atoms with E-state index in [1.807, 2.05) is 0 Å². The number of Topliss-reactive ketones (excluding diaryl/α,β-unsaturated/α-hetero) is 1. The fraction of sp³-hybridized carbons (Fsp3) is 0.200. The van der Waals surface area contributed by atoms with Gasteiger partial charge < -0.3 is 5.11 Å². The molecule has 0 saturated carbocycles. The number of aliphatic hydroxyl groups is 1. The molecule has 15 heavy (non-hydrogen) atoms. The van der Waals surface area contributed by atoms with E-state index in [0.29, 0.717) is 5.69 Å². The average Bonchev–Trinajstić information content (AvgIpc) is 2.18. The van der Waals surface area contributed by atoms with Crippen molar-refractivity contribution in [2.24, 2.45) is 10.2 Å². The van der Waals surface area contributed by atoms with Gasteiger partial charge in [-0.25, -0.2) is 0 Å². The van der Waals surface area contributed by atoms with Crippen LogP contribution in [0.15, 0.2) is 46.2 Å². The number of aromatic nitrogens is 1. The molecule has 0 saturated heterocycles. The van der Waals surface area contributed by atoms with Crippen LogP contribution in [-0.2, 0) is 4.79 Å². The van der Waals surface area contributed by atoms with Crippen LogP contribution in [-0.4, -0.2) is 15.9 Å². The molecule has 0 radical (unpaired) electrons. The summed E-state index contributed by atoms with van der Waals surface area (Å²) >= 11 is 0. The van der Waals surface area contributed by atoms with E-state index in [1.165, 1.54) is 13.8 Å². The normalized spacial score (nSPS) is 12.7. The number of rotatable bonds is 3. The molecule has 0 aliphatic carbocycles. The molecule has 1 aromatic rings. The number of allylic oxidation sites excluding steroid dienone is 2. The lowest BCUT2D eigenvalue weighted by atomic mass is 10.3. The molecule has 1 heterocycles. The molecule has 5 heteroatoms. The van der Waals surface area contributed by atoms with Crippen molar-refractivity contribution >= 4 is 11.5 Å². The van der Waals surface area contributed by atoms with Gasteiger partial charge in [-0.2, -0.15) is 5.11 Å². The van der Waals surface area contributed by atoms with Crippen LogP contribution in [0.3, 0.4) is 0 Å². The van der Waals surface area contributed by atoms with Crippen LogP contribution in [0.1, 0.15) is 13.8 Å². The van der Waals surface area contributed by atoms with E-state index in [1.54, 1.807) is 24.5 Å². The Morgan fingerprint density at radius 3 is 2.40 bits per heavy atom. The minimum absolute atomic E-state index is 0.0354. The molecule has 1 N–H and O–H groups in total. The number of nitrogens with zero attached hydrogens (tertiary/aromatic N) is 3. The fourth-order valence-corrected chi connectivity index (χ4v) is 0.916. The first-order valence-corrected chi connectivity index (χ1v) is 4.34. The zero-order chi connectivity index (χ0) is 11.3. The summed E-state index contributed by atoms with van der Waals surface area (Å²) in [7, 11) is 0. The average molecular weight is 205 g/mol. The van der Waals surface area contributed by atoms with E-state index in [4.69, 9.17) is 5.11 Å². The van der Waals surface area contributed by atoms with Crippen molar-refractivity contribution in [3.05, 3.63) is 36.0 Å². The molecule has 78 valence electrons. The minimum Gasteiger partial charge on any atom is -0.510 e. The van der Waals surface area contributed by atoms with Gasteiger partial charge >= 0.3 is 0 Å². The molecule has 0 bridgehead atoms. The first kappa shape index (κ1) is 11.0. The molecule has 0 aromatic carbocycles. The van der Waals surface area contributed by atoms with E-state index >= 15 is 0 Å². The van der Waals surface area contributed by atoms with Gasteiger partial charge in [0.05, 0.1) is 5.69 Å². The lowest BCUT2D eigenvalue weighted by molar-refractivity contribution is -0.113. The number of carbonyl (C=O) groups excluding carboxylic acids is 1. The molecule has 0 aliphatic heterocycles. The van der Waals surface area contributed by atoms with E-state index < -0.39 is 0 Å². The first-order chi connectivity index (χ1) is 7.11. The van der Waals surface area contributed by atoms with E-state index in [0.717, 1.165) is 0 Å². The third kappa shape index (κ3) is 3.30. The van der Waals surface area contributed by atoms with Gasteiger partial charge in [0.15, 0.2) is 11.5 Å². The molecular weight excluding hydrogens is 194 g/mol. The highest BCUT2D eigenvalue weighted by molar-refractivity contribution is 5.93. The summed E-state index contributed by atoms with van der Waals surface area (Å²) in [5, 5.41) is 16.6. The topological polar surface area (TPSA) is 74.9 Å². The van der Waals surface area contributed by atoms with Crippen molar-refractivity contribution < 1.29 is 9.90 Å². The third-order valence-electron chi connectivity index (χ3n) is 1.60. The van der Waals surface area contributed by atoms with Gasteiger partial charge in [-0.1, -0.05) is 0 Å². The summed E-state index contributed by atoms with van der Waals surface area (Å²) in [5.41, 5.74) is 0.539. The van der Waals surface area contributed by atoms with Crippen LogP contribution in [0.25, 0.3) is 0 Å². The lowest BCUT2D eigenvalue weighted by Gasteiger charge is -1.96. The summed E-state index contributed by atoms with van der Waals surface area (Å²) in [6.07, 6.45) is 3.13. The smallest absolute Gasteiger partial charge is 0.183 e. The van der Waals surface area contributed by atoms with Crippen molar-refractivity contribution in [3.63, 3.8) is 0 Å². The predicted octanol–water partition coefficient (Wildman–Crippen LogP) is 2.54. The van der Waals surface area contributed by atoms with Crippen molar-refractivity contribution in [2.45, 2.75) is 13.8 Å². The lowest BCUT2D eigenvalue weighted by Crippen LogP contribution is -1.96.